The number of aliphatic hydroxyl groups is 1. The van der Waals surface area contributed by atoms with Crippen molar-refractivity contribution in [2.75, 3.05) is 43.5 Å². The first-order valence-corrected chi connectivity index (χ1v) is 23.5. The van der Waals surface area contributed by atoms with Crippen LogP contribution in [0.1, 0.15) is 81.1 Å². The molecule has 5 N–H and O–H groups in total. The Balaban J connectivity index is 1.08. The molecule has 1 amide bonds. The first-order valence-electron chi connectivity index (χ1n) is 21.6. The third kappa shape index (κ3) is 10.2. The number of nitrogens with one attached hydrogen (secondary N) is 4. The monoisotopic (exact) mass is 911 g/mol. The molecule has 2 atom stereocenters. The fourth-order valence-corrected chi connectivity index (χ4v) is 10.3. The van der Waals surface area contributed by atoms with Gasteiger partial charge in [-0.1, -0.05) is 29.3 Å². The molecule has 8 rings (SSSR count). The van der Waals surface area contributed by atoms with Crippen LogP contribution in [0.4, 0.5) is 17.1 Å². The number of aromatic nitrogens is 2. The fourth-order valence-electron chi connectivity index (χ4n) is 9.19. The average molecular weight is 913 g/mol. The summed E-state index contributed by atoms with van der Waals surface area (Å²) in [6.45, 7) is 6.43. The summed E-state index contributed by atoms with van der Waals surface area (Å²) in [4.78, 5) is 35.0. The molecule has 1 aliphatic heterocycles. The lowest BCUT2D eigenvalue weighted by molar-refractivity contribution is -0.384. The van der Waals surface area contributed by atoms with Crippen LogP contribution in [-0.4, -0.2) is 84.9 Å². The maximum Gasteiger partial charge on any atom is 0.293 e. The molecule has 0 radical (unpaired) electrons. The number of hydrogen-bond acceptors (Lipinski definition) is 12. The Morgan fingerprint density at radius 3 is 2.59 bits per heavy atom. The van der Waals surface area contributed by atoms with Crippen molar-refractivity contribution in [3.63, 3.8) is 0 Å². The summed E-state index contributed by atoms with van der Waals surface area (Å²) in [5, 5.41) is 30.6. The van der Waals surface area contributed by atoms with Gasteiger partial charge in [-0.3, -0.25) is 14.9 Å². The van der Waals surface area contributed by atoms with Crippen LogP contribution in [0.5, 0.6) is 11.5 Å². The molecule has 2 aromatic heterocycles. The van der Waals surface area contributed by atoms with E-state index in [4.69, 9.17) is 21.1 Å². The molecule has 0 spiro atoms. The summed E-state index contributed by atoms with van der Waals surface area (Å²) >= 11 is 6.28. The van der Waals surface area contributed by atoms with Crippen LogP contribution in [0, 0.1) is 16.0 Å². The molecule has 3 aromatic carbocycles. The van der Waals surface area contributed by atoms with E-state index in [1.807, 2.05) is 18.2 Å². The number of nitro groups is 1. The Labute approximate surface area is 377 Å². The Morgan fingerprint density at radius 2 is 1.84 bits per heavy atom. The predicted octanol–water partition coefficient (Wildman–Crippen LogP) is 8.60. The van der Waals surface area contributed by atoms with Crippen LogP contribution in [0.25, 0.3) is 16.6 Å². The number of nitrogens with zero attached hydrogens (tertiary/aromatic N) is 3. The van der Waals surface area contributed by atoms with Crippen LogP contribution in [0.3, 0.4) is 0 Å². The molecule has 17 heteroatoms. The van der Waals surface area contributed by atoms with E-state index in [0.717, 1.165) is 61.2 Å². The topological polar surface area (TPSA) is 201 Å². The predicted molar refractivity (Wildman–Crippen MR) is 248 cm³/mol. The largest absolute Gasteiger partial charge is 0.455 e. The van der Waals surface area contributed by atoms with Gasteiger partial charge in [-0.05, 0) is 131 Å². The number of amides is 1. The van der Waals surface area contributed by atoms with Gasteiger partial charge in [0.1, 0.15) is 22.8 Å². The normalized spacial score (nSPS) is 22.9. The molecule has 64 heavy (non-hydrogen) atoms. The Morgan fingerprint density at radius 1 is 1.06 bits per heavy atom. The van der Waals surface area contributed by atoms with E-state index in [2.05, 4.69) is 49.3 Å². The number of benzene rings is 3. The van der Waals surface area contributed by atoms with Gasteiger partial charge in [-0.15, -0.1) is 0 Å². The highest BCUT2D eigenvalue weighted by Gasteiger charge is 2.35. The Bertz CT molecular complexity index is 2680. The zero-order chi connectivity index (χ0) is 45.2. The maximum absolute atomic E-state index is 14.1. The van der Waals surface area contributed by atoms with E-state index >= 15 is 0 Å². The molecule has 2 unspecified atom stereocenters. The molecule has 1 saturated heterocycles. The van der Waals surface area contributed by atoms with Crippen LogP contribution < -0.4 is 25.0 Å². The van der Waals surface area contributed by atoms with Gasteiger partial charge < -0.3 is 35.1 Å². The number of allylic oxidation sites excluding steroid dienone is 1. The lowest BCUT2D eigenvalue weighted by Crippen LogP contribution is -2.52. The van der Waals surface area contributed by atoms with Crippen molar-refractivity contribution in [3.05, 3.63) is 117 Å². The minimum atomic E-state index is -4.61. The van der Waals surface area contributed by atoms with Crippen molar-refractivity contribution in [2.24, 2.45) is 5.92 Å². The van der Waals surface area contributed by atoms with E-state index in [1.54, 1.807) is 38.4 Å². The average Bonchev–Trinajstić information content (AvgIpc) is 3.75. The number of anilines is 2. The number of sulfonamides is 1. The number of rotatable bonds is 14. The standard InChI is InChI=1S/C47H54ClN7O8S/c1-46(57)16-12-30(13-17-46)27-51-41-11-9-38(25-42(41)55(58)59)64(60,61)53-45(56)40-10-8-35(24-43(40)63-37-23-32-15-19-50-44(32)52-29-37)54-21-20-49-28-36(54)22-33-26-47(2,62-3)18-14-39(33)31-4-6-34(48)7-5-31/h4-11,15,19,23-25,29-30,36,49,51,57H,12-14,16-18,20-22,26-28H2,1-3H3,(H,50,52)(H,53,56). The summed E-state index contributed by atoms with van der Waals surface area (Å²) in [6.07, 6.45) is 9.27. The fraction of sp³-hybridized carbons (Fsp3) is 0.404. The molecule has 3 aliphatic rings. The number of pyridine rings is 1. The molecular formula is C47H54ClN7O8S. The summed E-state index contributed by atoms with van der Waals surface area (Å²) in [6, 6.07) is 20.2. The highest BCUT2D eigenvalue weighted by molar-refractivity contribution is 7.90. The van der Waals surface area contributed by atoms with Gasteiger partial charge in [0.15, 0.2) is 0 Å². The van der Waals surface area contributed by atoms with Crippen molar-refractivity contribution < 1.29 is 32.7 Å². The quantitative estimate of drug-likeness (QED) is 0.0526. The number of fused-ring (bicyclic) bond motifs is 1. The van der Waals surface area contributed by atoms with Gasteiger partial charge in [-0.2, -0.15) is 0 Å². The smallest absolute Gasteiger partial charge is 0.293 e. The van der Waals surface area contributed by atoms with Crippen molar-refractivity contribution in [1.82, 2.24) is 20.0 Å². The van der Waals surface area contributed by atoms with Gasteiger partial charge in [-0.25, -0.2) is 18.1 Å². The van der Waals surface area contributed by atoms with E-state index in [-0.39, 0.29) is 34.6 Å². The third-order valence-electron chi connectivity index (χ3n) is 13.0. The maximum atomic E-state index is 14.1. The second-order valence-corrected chi connectivity index (χ2v) is 19.9. The SMILES string of the molecule is COC1(C)CCC(c2ccc(Cl)cc2)=C(CC2CNCCN2c2ccc(C(=O)NS(=O)(=O)c3ccc(NCC4CCC(C)(O)CC4)c([N+](=O)[O-])c3)c(Oc3cnc4[nH]ccc4c3)c2)C1. The summed E-state index contributed by atoms with van der Waals surface area (Å²) in [7, 11) is -2.85. The van der Waals surface area contributed by atoms with Crippen LogP contribution >= 0.6 is 11.6 Å². The van der Waals surface area contributed by atoms with Crippen molar-refractivity contribution in [3.8, 4) is 11.5 Å². The van der Waals surface area contributed by atoms with Gasteiger partial charge in [0.2, 0.25) is 0 Å². The summed E-state index contributed by atoms with van der Waals surface area (Å²) in [5.74, 6) is -0.363. The summed E-state index contributed by atoms with van der Waals surface area (Å²) < 4.78 is 42.2. The molecule has 1 saturated carbocycles. The molecular weight excluding hydrogens is 858 g/mol. The number of hydrogen-bond donors (Lipinski definition) is 5. The molecule has 0 bridgehead atoms. The van der Waals surface area contributed by atoms with Crippen molar-refractivity contribution in [2.45, 2.75) is 87.4 Å². The van der Waals surface area contributed by atoms with E-state index in [0.29, 0.717) is 55.4 Å². The molecule has 2 aliphatic carbocycles. The number of aromatic amines is 1. The van der Waals surface area contributed by atoms with Crippen molar-refractivity contribution >= 4 is 61.2 Å². The number of piperazine rings is 1. The molecule has 3 heterocycles. The first-order chi connectivity index (χ1) is 30.6. The third-order valence-corrected chi connectivity index (χ3v) is 14.6. The highest BCUT2D eigenvalue weighted by atomic mass is 35.5. The first kappa shape index (κ1) is 45.1. The van der Waals surface area contributed by atoms with Gasteiger partial charge >= 0.3 is 0 Å². The number of carbonyl (C=O) groups is 1. The second-order valence-electron chi connectivity index (χ2n) is 17.7. The second kappa shape index (κ2) is 18.5. The van der Waals surface area contributed by atoms with Crippen LogP contribution in [-0.2, 0) is 14.8 Å². The zero-order valence-corrected chi connectivity index (χ0v) is 37.7. The minimum Gasteiger partial charge on any atom is -0.455 e. The molecule has 5 aromatic rings. The lowest BCUT2D eigenvalue weighted by atomic mass is 9.77. The van der Waals surface area contributed by atoms with Gasteiger partial charge in [0.05, 0.1) is 32.8 Å². The number of halogens is 1. The van der Waals surface area contributed by atoms with E-state index in [9.17, 15) is 28.4 Å². The molecule has 2 fully saturated rings. The van der Waals surface area contributed by atoms with Crippen LogP contribution in [0.15, 0.2) is 95.7 Å². The van der Waals surface area contributed by atoms with Crippen molar-refractivity contribution in [1.29, 1.82) is 0 Å². The minimum absolute atomic E-state index is 0.00305. The van der Waals surface area contributed by atoms with Gasteiger partial charge in [0.25, 0.3) is 21.6 Å². The lowest BCUT2D eigenvalue weighted by Gasteiger charge is -2.42. The van der Waals surface area contributed by atoms with E-state index in [1.165, 1.54) is 35.5 Å². The molecule has 15 nitrogen and oxygen atoms in total. The van der Waals surface area contributed by atoms with E-state index < -0.39 is 37.0 Å². The number of ether oxygens (including phenoxy) is 2. The number of methoxy groups -OCH3 is 1. The highest BCUT2D eigenvalue weighted by Crippen LogP contribution is 2.43. The Kier molecular flexibility index (Phi) is 13.0. The zero-order valence-electron chi connectivity index (χ0n) is 36.2. The number of carbonyl (C=O) groups excluding carboxylic acids is 1. The summed E-state index contributed by atoms with van der Waals surface area (Å²) in [5.41, 5.74) is 3.75. The van der Waals surface area contributed by atoms with Gasteiger partial charge in [0, 0.05) is 73.8 Å². The molecule has 338 valence electrons. The number of nitro benzene ring substituents is 1. The Hall–Kier alpha value is -5.52. The number of H-pyrrole nitrogens is 1. The van der Waals surface area contributed by atoms with Crippen LogP contribution in [0.2, 0.25) is 5.02 Å².